The molecule has 2 fully saturated rings. The summed E-state index contributed by atoms with van der Waals surface area (Å²) in [4.78, 5) is 0. The van der Waals surface area contributed by atoms with Gasteiger partial charge in [-0.1, -0.05) is 48.4 Å². The monoisotopic (exact) mass is 278 g/mol. The summed E-state index contributed by atoms with van der Waals surface area (Å²) < 4.78 is 0. The van der Waals surface area contributed by atoms with Gasteiger partial charge in [0, 0.05) is 5.41 Å². The van der Waals surface area contributed by atoms with Crippen molar-refractivity contribution in [2.45, 2.75) is 38.0 Å². The number of phenols is 1. The Morgan fingerprint density at radius 3 is 1.90 bits per heavy atom. The zero-order chi connectivity index (χ0) is 14.4. The minimum absolute atomic E-state index is 0.194. The fraction of sp³-hybridized carbons (Fsp3) is 0.400. The molecule has 2 aliphatic rings. The van der Waals surface area contributed by atoms with Crippen LogP contribution in [0, 0.1) is 18.8 Å². The van der Waals surface area contributed by atoms with Crippen LogP contribution < -0.4 is 0 Å². The molecule has 0 aromatic heterocycles. The first-order chi connectivity index (χ1) is 10.2. The summed E-state index contributed by atoms with van der Waals surface area (Å²) in [5, 5.41) is 9.62. The Labute approximate surface area is 126 Å². The van der Waals surface area contributed by atoms with Crippen LogP contribution in [-0.2, 0) is 5.41 Å². The molecule has 0 saturated heterocycles. The first kappa shape index (κ1) is 12.9. The van der Waals surface area contributed by atoms with E-state index in [4.69, 9.17) is 0 Å². The van der Waals surface area contributed by atoms with Crippen LogP contribution in [0.15, 0.2) is 48.5 Å². The number of rotatable bonds is 2. The maximum Gasteiger partial charge on any atom is 0.115 e. The van der Waals surface area contributed by atoms with Crippen molar-refractivity contribution in [2.24, 2.45) is 11.8 Å². The van der Waals surface area contributed by atoms with E-state index in [1.165, 1.54) is 42.4 Å². The van der Waals surface area contributed by atoms with E-state index >= 15 is 0 Å². The largest absolute Gasteiger partial charge is 0.508 e. The molecule has 2 atom stereocenters. The van der Waals surface area contributed by atoms with Gasteiger partial charge in [0.25, 0.3) is 0 Å². The molecule has 0 heterocycles. The molecule has 2 unspecified atom stereocenters. The predicted molar refractivity (Wildman–Crippen MR) is 85.5 cm³/mol. The van der Waals surface area contributed by atoms with Crippen LogP contribution >= 0.6 is 0 Å². The fourth-order valence-corrected chi connectivity index (χ4v) is 4.87. The molecule has 2 aromatic carbocycles. The van der Waals surface area contributed by atoms with Gasteiger partial charge in [-0.15, -0.1) is 0 Å². The van der Waals surface area contributed by atoms with Crippen LogP contribution in [0.3, 0.4) is 0 Å². The average Bonchev–Trinajstić information content (AvgIpc) is 2.52. The van der Waals surface area contributed by atoms with Gasteiger partial charge in [0.05, 0.1) is 0 Å². The van der Waals surface area contributed by atoms with E-state index < -0.39 is 0 Å². The third kappa shape index (κ3) is 1.76. The fourth-order valence-electron chi connectivity index (χ4n) is 4.87. The molecule has 21 heavy (non-hydrogen) atoms. The molecule has 0 amide bonds. The number of benzene rings is 2. The first-order valence-corrected chi connectivity index (χ1v) is 8.08. The van der Waals surface area contributed by atoms with Gasteiger partial charge in [0.15, 0.2) is 0 Å². The summed E-state index contributed by atoms with van der Waals surface area (Å²) in [6.45, 7) is 2.15. The van der Waals surface area contributed by atoms with E-state index in [1.54, 1.807) is 0 Å². The number of hydrogen-bond acceptors (Lipinski definition) is 1. The number of aryl methyl sites for hydroxylation is 1. The van der Waals surface area contributed by atoms with Gasteiger partial charge in [-0.2, -0.15) is 0 Å². The lowest BCUT2D eigenvalue weighted by Crippen LogP contribution is -2.56. The van der Waals surface area contributed by atoms with E-state index in [9.17, 15) is 5.11 Å². The quantitative estimate of drug-likeness (QED) is 0.836. The second kappa shape index (κ2) is 4.62. The van der Waals surface area contributed by atoms with Crippen molar-refractivity contribution in [1.82, 2.24) is 0 Å². The topological polar surface area (TPSA) is 20.2 Å². The second-order valence-corrected chi connectivity index (χ2v) is 6.84. The van der Waals surface area contributed by atoms with Gasteiger partial charge >= 0.3 is 0 Å². The predicted octanol–water partition coefficient (Wildman–Crippen LogP) is 4.81. The van der Waals surface area contributed by atoms with Gasteiger partial charge in [-0.05, 0) is 61.3 Å². The molecule has 2 aliphatic carbocycles. The summed E-state index contributed by atoms with van der Waals surface area (Å²) in [5.41, 5.74) is 4.38. The zero-order valence-electron chi connectivity index (χ0n) is 12.5. The van der Waals surface area contributed by atoms with Crippen LogP contribution in [0.25, 0.3) is 0 Å². The average molecular weight is 278 g/mol. The Morgan fingerprint density at radius 1 is 0.857 bits per heavy atom. The van der Waals surface area contributed by atoms with Crippen LogP contribution in [0.2, 0.25) is 0 Å². The van der Waals surface area contributed by atoms with Crippen molar-refractivity contribution in [2.75, 3.05) is 0 Å². The van der Waals surface area contributed by atoms with E-state index in [2.05, 4.69) is 43.3 Å². The summed E-state index contributed by atoms with van der Waals surface area (Å²) in [6, 6.07) is 17.1. The van der Waals surface area contributed by atoms with Gasteiger partial charge in [0.2, 0.25) is 0 Å². The molecule has 1 nitrogen and oxygen atoms in total. The lowest BCUT2D eigenvalue weighted by molar-refractivity contribution is 0.00531. The molecule has 2 aromatic rings. The molecule has 2 saturated carbocycles. The highest BCUT2D eigenvalue weighted by atomic mass is 16.3. The van der Waals surface area contributed by atoms with Crippen LogP contribution in [0.4, 0.5) is 0 Å². The van der Waals surface area contributed by atoms with Crippen molar-refractivity contribution < 1.29 is 5.11 Å². The highest BCUT2D eigenvalue weighted by Crippen LogP contribution is 2.63. The Hall–Kier alpha value is -1.76. The van der Waals surface area contributed by atoms with E-state index in [-0.39, 0.29) is 5.41 Å². The normalized spacial score (nSPS) is 30.7. The SMILES string of the molecule is Cc1ccc(C2(c3ccc(O)cc3)C3CCCC2C3)cc1. The standard InChI is InChI=1S/C20H22O/c1-14-5-7-15(8-6-14)20(16-9-11-19(21)12-10-16)17-3-2-4-18(20)13-17/h5-12,17-18,21H,2-4,13H2,1H3. The molecule has 0 aliphatic heterocycles. The minimum atomic E-state index is 0.194. The highest BCUT2D eigenvalue weighted by molar-refractivity contribution is 5.47. The third-order valence-electron chi connectivity index (χ3n) is 5.84. The molecule has 108 valence electrons. The molecule has 0 spiro atoms. The molecular formula is C20H22O. The zero-order valence-corrected chi connectivity index (χ0v) is 12.5. The Balaban J connectivity index is 1.87. The summed E-state index contributed by atoms with van der Waals surface area (Å²) in [5.74, 6) is 1.90. The van der Waals surface area contributed by atoms with Crippen molar-refractivity contribution in [3.63, 3.8) is 0 Å². The van der Waals surface area contributed by atoms with Gasteiger partial charge in [-0.25, -0.2) is 0 Å². The Morgan fingerprint density at radius 2 is 1.38 bits per heavy atom. The maximum atomic E-state index is 9.62. The maximum absolute atomic E-state index is 9.62. The van der Waals surface area contributed by atoms with Crippen molar-refractivity contribution in [3.05, 3.63) is 65.2 Å². The van der Waals surface area contributed by atoms with Gasteiger partial charge in [0.1, 0.15) is 5.75 Å². The number of phenolic OH excluding ortho intramolecular Hbond substituents is 1. The van der Waals surface area contributed by atoms with E-state index in [1.807, 2.05) is 12.1 Å². The van der Waals surface area contributed by atoms with E-state index in [0.717, 1.165) is 11.8 Å². The van der Waals surface area contributed by atoms with Crippen LogP contribution in [0.5, 0.6) is 5.75 Å². The van der Waals surface area contributed by atoms with Crippen molar-refractivity contribution in [1.29, 1.82) is 0 Å². The third-order valence-corrected chi connectivity index (χ3v) is 5.84. The highest BCUT2D eigenvalue weighted by Gasteiger charge is 2.57. The summed E-state index contributed by atoms with van der Waals surface area (Å²) >= 11 is 0. The number of hydrogen-bond donors (Lipinski definition) is 1. The van der Waals surface area contributed by atoms with Gasteiger partial charge < -0.3 is 5.11 Å². The number of fused-ring (bicyclic) bond motifs is 2. The molecule has 4 rings (SSSR count). The molecule has 0 radical (unpaired) electrons. The van der Waals surface area contributed by atoms with Crippen LogP contribution in [-0.4, -0.2) is 5.11 Å². The molecule has 1 heteroatoms. The van der Waals surface area contributed by atoms with Gasteiger partial charge in [-0.3, -0.25) is 0 Å². The lowest BCUT2D eigenvalue weighted by atomic mass is 9.43. The smallest absolute Gasteiger partial charge is 0.115 e. The Bertz CT molecular complexity index is 577. The second-order valence-electron chi connectivity index (χ2n) is 6.84. The number of aromatic hydroxyl groups is 1. The lowest BCUT2D eigenvalue weighted by Gasteiger charge is -2.61. The van der Waals surface area contributed by atoms with Crippen LogP contribution in [0.1, 0.15) is 42.4 Å². The Kier molecular flexibility index (Phi) is 2.85. The van der Waals surface area contributed by atoms with Crippen molar-refractivity contribution >= 4 is 0 Å². The minimum Gasteiger partial charge on any atom is -0.508 e. The first-order valence-electron chi connectivity index (χ1n) is 8.08. The summed E-state index contributed by atoms with van der Waals surface area (Å²) in [6.07, 6.45) is 5.42. The molecule has 1 N–H and O–H groups in total. The molecule has 2 bridgehead atoms. The molecular weight excluding hydrogens is 256 g/mol. The summed E-state index contributed by atoms with van der Waals surface area (Å²) in [7, 11) is 0. The van der Waals surface area contributed by atoms with Crippen molar-refractivity contribution in [3.8, 4) is 5.75 Å². The van der Waals surface area contributed by atoms with E-state index in [0.29, 0.717) is 5.75 Å².